The van der Waals surface area contributed by atoms with E-state index in [9.17, 15) is 9.59 Å². The minimum absolute atomic E-state index is 0.0893. The monoisotopic (exact) mass is 408 g/mol. The Balaban J connectivity index is 1.86. The first-order valence-corrected chi connectivity index (χ1v) is 9.96. The zero-order valence-electron chi connectivity index (χ0n) is 17.5. The number of nitrogens with two attached hydrogens (primary N) is 2. The molecule has 0 radical (unpaired) electrons. The van der Waals surface area contributed by atoms with Gasteiger partial charge in [0.2, 0.25) is 0 Å². The second-order valence-corrected chi connectivity index (χ2v) is 7.98. The molecule has 8 nitrogen and oxygen atoms in total. The van der Waals surface area contributed by atoms with Crippen LogP contribution in [-0.4, -0.2) is 34.5 Å². The Bertz CT molecular complexity index is 1000. The first kappa shape index (κ1) is 21.3. The van der Waals surface area contributed by atoms with E-state index in [4.69, 9.17) is 16.9 Å². The Morgan fingerprint density at radius 1 is 1.23 bits per heavy atom. The van der Waals surface area contributed by atoms with Gasteiger partial charge >= 0.3 is 11.8 Å². The number of likely N-dealkylation sites (tertiary alicyclic amines) is 1. The molecule has 1 aliphatic heterocycles. The fourth-order valence-corrected chi connectivity index (χ4v) is 3.81. The summed E-state index contributed by atoms with van der Waals surface area (Å²) in [5.41, 5.74) is 15.5. The molecule has 1 aromatic heterocycles. The van der Waals surface area contributed by atoms with Gasteiger partial charge < -0.3 is 27.1 Å². The average Bonchev–Trinajstić information content (AvgIpc) is 2.72. The Morgan fingerprint density at radius 3 is 2.63 bits per heavy atom. The molecular formula is C22H28N6O2. The summed E-state index contributed by atoms with van der Waals surface area (Å²) in [6.07, 6.45) is 4.05. The van der Waals surface area contributed by atoms with Gasteiger partial charge in [-0.3, -0.25) is 9.59 Å². The molecule has 1 aliphatic rings. The van der Waals surface area contributed by atoms with Crippen molar-refractivity contribution in [2.45, 2.75) is 39.7 Å². The molecule has 0 aliphatic carbocycles. The highest BCUT2D eigenvalue weighted by Gasteiger charge is 2.34. The molecule has 158 valence electrons. The molecule has 2 amide bonds. The standard InChI is InChI=1S/C22H28N6O2/c1-12-4-7-18(15-6-5-13(2)14(3)8-15)28(11-12)22(30)21(29)27-17-10-26-20(25)16(9-23)19(17)24/h5-6,8-10,12,18,23H,4,7,11H2,1-3H3,(H,27,29)(H4,24,25,26)/t12-,18+/m0/s1. The van der Waals surface area contributed by atoms with Crippen LogP contribution in [-0.2, 0) is 9.59 Å². The van der Waals surface area contributed by atoms with Gasteiger partial charge in [0.15, 0.2) is 0 Å². The maximum Gasteiger partial charge on any atom is 0.314 e. The number of aryl methyl sites for hydroxylation is 2. The minimum atomic E-state index is -0.785. The van der Waals surface area contributed by atoms with Crippen LogP contribution in [0.15, 0.2) is 24.4 Å². The number of benzene rings is 1. The molecule has 2 aromatic rings. The van der Waals surface area contributed by atoms with Crippen LogP contribution < -0.4 is 16.8 Å². The minimum Gasteiger partial charge on any atom is -0.396 e. The molecule has 2 atom stereocenters. The zero-order valence-corrected chi connectivity index (χ0v) is 17.5. The molecule has 6 N–H and O–H groups in total. The number of carbonyl (C=O) groups is 2. The maximum absolute atomic E-state index is 13.1. The molecule has 0 bridgehead atoms. The number of anilines is 3. The summed E-state index contributed by atoms with van der Waals surface area (Å²) in [5.74, 6) is -1.01. The van der Waals surface area contributed by atoms with Gasteiger partial charge in [-0.25, -0.2) is 4.98 Å². The molecule has 1 fully saturated rings. The predicted octanol–water partition coefficient (Wildman–Crippen LogP) is 2.80. The van der Waals surface area contributed by atoms with Crippen molar-refractivity contribution in [3.63, 3.8) is 0 Å². The molecule has 1 aromatic carbocycles. The summed E-state index contributed by atoms with van der Waals surface area (Å²) in [6, 6.07) is 6.01. The average molecular weight is 409 g/mol. The van der Waals surface area contributed by atoms with Gasteiger partial charge in [-0.05, 0) is 49.3 Å². The van der Waals surface area contributed by atoms with Crippen molar-refractivity contribution in [1.82, 2.24) is 9.88 Å². The first-order valence-electron chi connectivity index (χ1n) is 9.96. The normalized spacial score (nSPS) is 18.7. The molecular weight excluding hydrogens is 380 g/mol. The number of pyridine rings is 1. The zero-order chi connectivity index (χ0) is 22.0. The van der Waals surface area contributed by atoms with E-state index in [1.807, 2.05) is 26.0 Å². The van der Waals surface area contributed by atoms with Crippen molar-refractivity contribution in [3.8, 4) is 0 Å². The van der Waals surface area contributed by atoms with Gasteiger partial charge in [0.1, 0.15) is 5.82 Å². The third-order valence-corrected chi connectivity index (χ3v) is 5.77. The number of nitrogens with zero attached hydrogens (tertiary/aromatic N) is 2. The maximum atomic E-state index is 13.1. The van der Waals surface area contributed by atoms with Gasteiger partial charge in [0.25, 0.3) is 0 Å². The van der Waals surface area contributed by atoms with Crippen LogP contribution in [0, 0.1) is 25.2 Å². The molecule has 2 heterocycles. The molecule has 0 spiro atoms. The van der Waals surface area contributed by atoms with Gasteiger partial charge in [0.05, 0.1) is 29.2 Å². The number of aromatic nitrogens is 1. The van der Waals surface area contributed by atoms with E-state index in [1.54, 1.807) is 4.90 Å². The highest BCUT2D eigenvalue weighted by atomic mass is 16.2. The largest absolute Gasteiger partial charge is 0.396 e. The lowest BCUT2D eigenvalue weighted by molar-refractivity contribution is -0.146. The van der Waals surface area contributed by atoms with Crippen LogP contribution in [0.3, 0.4) is 0 Å². The summed E-state index contributed by atoms with van der Waals surface area (Å²) in [5, 5.41) is 9.95. The molecule has 30 heavy (non-hydrogen) atoms. The number of hydrogen-bond acceptors (Lipinski definition) is 6. The van der Waals surface area contributed by atoms with E-state index in [-0.39, 0.29) is 28.8 Å². The van der Waals surface area contributed by atoms with Crippen molar-refractivity contribution in [2.75, 3.05) is 23.3 Å². The van der Waals surface area contributed by atoms with E-state index in [2.05, 4.69) is 23.3 Å². The third-order valence-electron chi connectivity index (χ3n) is 5.77. The van der Waals surface area contributed by atoms with Crippen LogP contribution in [0.2, 0.25) is 0 Å². The fraction of sp³-hybridized carbons (Fsp3) is 0.364. The second-order valence-electron chi connectivity index (χ2n) is 7.98. The molecule has 8 heteroatoms. The molecule has 0 saturated carbocycles. The van der Waals surface area contributed by atoms with E-state index >= 15 is 0 Å². The summed E-state index contributed by atoms with van der Waals surface area (Å²) in [7, 11) is 0. The molecule has 0 unspecified atom stereocenters. The van der Waals surface area contributed by atoms with Crippen molar-refractivity contribution in [1.29, 1.82) is 5.41 Å². The summed E-state index contributed by atoms with van der Waals surface area (Å²) in [4.78, 5) is 31.5. The first-order chi connectivity index (χ1) is 14.2. The lowest BCUT2D eigenvalue weighted by Gasteiger charge is -2.38. The number of hydrogen-bond donors (Lipinski definition) is 4. The summed E-state index contributed by atoms with van der Waals surface area (Å²) >= 11 is 0. The fourth-order valence-electron chi connectivity index (χ4n) is 3.81. The topological polar surface area (TPSA) is 138 Å². The van der Waals surface area contributed by atoms with Crippen LogP contribution in [0.25, 0.3) is 0 Å². The van der Waals surface area contributed by atoms with E-state index < -0.39 is 11.8 Å². The molecule has 3 rings (SSSR count). The highest BCUT2D eigenvalue weighted by Crippen LogP contribution is 2.34. The summed E-state index contributed by atoms with van der Waals surface area (Å²) < 4.78 is 0. The Hall–Kier alpha value is -3.42. The predicted molar refractivity (Wildman–Crippen MR) is 118 cm³/mol. The number of nitrogen functional groups attached to an aromatic ring is 2. The Labute approximate surface area is 176 Å². The highest BCUT2D eigenvalue weighted by molar-refractivity contribution is 6.40. The number of carbonyl (C=O) groups excluding carboxylic acids is 2. The lowest BCUT2D eigenvalue weighted by Crippen LogP contribution is -2.46. The number of rotatable bonds is 3. The van der Waals surface area contributed by atoms with Gasteiger partial charge in [-0.1, -0.05) is 25.1 Å². The Kier molecular flexibility index (Phi) is 6.05. The molecule has 1 saturated heterocycles. The number of amides is 2. The van der Waals surface area contributed by atoms with E-state index in [0.29, 0.717) is 12.5 Å². The van der Waals surface area contributed by atoms with Crippen molar-refractivity contribution in [3.05, 3.63) is 46.6 Å². The second kappa shape index (κ2) is 8.52. The van der Waals surface area contributed by atoms with Crippen molar-refractivity contribution < 1.29 is 9.59 Å². The van der Waals surface area contributed by atoms with Crippen LogP contribution in [0.5, 0.6) is 0 Å². The van der Waals surface area contributed by atoms with Gasteiger partial charge in [-0.15, -0.1) is 0 Å². The lowest BCUT2D eigenvalue weighted by atomic mass is 9.88. The van der Waals surface area contributed by atoms with Gasteiger partial charge in [0, 0.05) is 12.8 Å². The smallest absolute Gasteiger partial charge is 0.314 e. The van der Waals surface area contributed by atoms with E-state index in [1.165, 1.54) is 11.8 Å². The van der Waals surface area contributed by atoms with Gasteiger partial charge in [-0.2, -0.15) is 0 Å². The summed E-state index contributed by atoms with van der Waals surface area (Å²) in [6.45, 7) is 6.67. The van der Waals surface area contributed by atoms with E-state index in [0.717, 1.165) is 30.2 Å². The van der Waals surface area contributed by atoms with Crippen LogP contribution in [0.4, 0.5) is 17.2 Å². The van der Waals surface area contributed by atoms with Crippen LogP contribution in [0.1, 0.15) is 48.1 Å². The Morgan fingerprint density at radius 2 is 1.97 bits per heavy atom. The third kappa shape index (κ3) is 4.12. The van der Waals surface area contributed by atoms with Crippen molar-refractivity contribution in [2.24, 2.45) is 5.92 Å². The number of nitrogens with one attached hydrogen (secondary N) is 2. The SMILES string of the molecule is Cc1ccc([C@H]2CC[C@H](C)CN2C(=O)C(=O)Nc2cnc(N)c(C=N)c2N)cc1C. The van der Waals surface area contributed by atoms with Crippen LogP contribution >= 0.6 is 0 Å². The van der Waals surface area contributed by atoms with Crippen molar-refractivity contribution >= 4 is 35.2 Å². The number of piperidine rings is 1. The quantitative estimate of drug-likeness (QED) is 0.457.